The van der Waals surface area contributed by atoms with E-state index in [9.17, 15) is 0 Å². The lowest BCUT2D eigenvalue weighted by Crippen LogP contribution is -2.55. The summed E-state index contributed by atoms with van der Waals surface area (Å²) in [5.74, 6) is 0.825. The second kappa shape index (κ2) is 13.4. The second-order valence-corrected chi connectivity index (χ2v) is 10.9. The van der Waals surface area contributed by atoms with Gasteiger partial charge in [-0.25, -0.2) is 0 Å². The Balaban J connectivity index is 2.60. The van der Waals surface area contributed by atoms with Crippen molar-refractivity contribution in [2.24, 2.45) is 0 Å². The smallest absolute Gasteiger partial charge is 0.253 e. The van der Waals surface area contributed by atoms with Gasteiger partial charge in [0.05, 0.1) is 65.0 Å². The van der Waals surface area contributed by atoms with Gasteiger partial charge in [0.1, 0.15) is 17.2 Å². The molecule has 0 radical (unpaired) electrons. The molecule has 0 heterocycles. The van der Waals surface area contributed by atoms with Gasteiger partial charge in [-0.1, -0.05) is 104 Å². The molecular weight excluding hydrogens is 666 g/mol. The van der Waals surface area contributed by atoms with E-state index in [0.29, 0.717) is 19.8 Å². The van der Waals surface area contributed by atoms with Crippen molar-refractivity contribution in [2.75, 3.05) is 19.8 Å². The molecule has 198 valence electrons. The SMILES string of the molecule is CCOc1cc(Cl)c(Cl)c(B(c2c(Cl)c(Cl)cc(OCC)c2Cl)c2c(Cl)c(Cl)cc(OCC)c2Cl)c1Cl. The monoisotopic (exact) mass is 680 g/mol. The lowest BCUT2D eigenvalue weighted by Gasteiger charge is -2.26. The Kier molecular flexibility index (Phi) is 11.3. The van der Waals surface area contributed by atoms with Crippen LogP contribution in [0.4, 0.5) is 0 Å². The molecule has 37 heavy (non-hydrogen) atoms. The fourth-order valence-corrected chi connectivity index (χ4v) is 6.23. The van der Waals surface area contributed by atoms with Crippen molar-refractivity contribution >= 4 is 128 Å². The van der Waals surface area contributed by atoms with Crippen LogP contribution >= 0.6 is 104 Å². The van der Waals surface area contributed by atoms with Crippen LogP contribution < -0.4 is 30.6 Å². The van der Waals surface area contributed by atoms with E-state index in [2.05, 4.69) is 0 Å². The Morgan fingerprint density at radius 1 is 0.459 bits per heavy atom. The van der Waals surface area contributed by atoms with Crippen molar-refractivity contribution in [1.29, 1.82) is 0 Å². The summed E-state index contributed by atoms with van der Waals surface area (Å²) in [7, 11) is 0. The maximum absolute atomic E-state index is 6.88. The maximum atomic E-state index is 6.88. The Morgan fingerprint density at radius 2 is 0.703 bits per heavy atom. The summed E-state index contributed by atoms with van der Waals surface area (Å²) in [5.41, 5.74) is 0.795. The van der Waals surface area contributed by atoms with Crippen LogP contribution in [0.25, 0.3) is 0 Å². The van der Waals surface area contributed by atoms with Crippen LogP contribution in [-0.4, -0.2) is 26.5 Å². The molecule has 0 saturated carbocycles. The molecule has 0 aromatic heterocycles. The van der Waals surface area contributed by atoms with Crippen molar-refractivity contribution in [3.8, 4) is 17.2 Å². The minimum atomic E-state index is -1.03. The van der Waals surface area contributed by atoms with Gasteiger partial charge in [-0.3, -0.25) is 0 Å². The first-order valence-electron chi connectivity index (χ1n) is 10.9. The molecule has 0 fully saturated rings. The normalized spacial score (nSPS) is 11.0. The van der Waals surface area contributed by atoms with Gasteiger partial charge in [-0.05, 0) is 37.2 Å². The molecule has 3 aromatic rings. The number of hydrogen-bond acceptors (Lipinski definition) is 3. The predicted octanol–water partition coefficient (Wildman–Crippen LogP) is 9.28. The Morgan fingerprint density at radius 3 is 0.919 bits per heavy atom. The summed E-state index contributed by atoms with van der Waals surface area (Å²) in [6.45, 7) is 5.29. The first kappa shape index (κ1) is 31.3. The van der Waals surface area contributed by atoms with Crippen LogP contribution in [0, 0.1) is 0 Å². The molecule has 0 aliphatic carbocycles. The topological polar surface area (TPSA) is 27.7 Å². The third-order valence-electron chi connectivity index (χ3n) is 5.24. The molecule has 0 aliphatic heterocycles. The van der Waals surface area contributed by atoms with Gasteiger partial charge in [0.15, 0.2) is 0 Å². The lowest BCUT2D eigenvalue weighted by atomic mass is 9.36. The molecule has 3 aromatic carbocycles. The molecule has 0 N–H and O–H groups in total. The zero-order valence-corrected chi connectivity index (χ0v) is 26.4. The van der Waals surface area contributed by atoms with Crippen molar-refractivity contribution in [3.05, 3.63) is 63.4 Å². The maximum Gasteiger partial charge on any atom is 0.253 e. The average molecular weight is 684 g/mol. The van der Waals surface area contributed by atoms with Crippen molar-refractivity contribution in [3.63, 3.8) is 0 Å². The van der Waals surface area contributed by atoms with Crippen LogP contribution in [0.15, 0.2) is 18.2 Å². The quantitative estimate of drug-likeness (QED) is 0.166. The minimum absolute atomic E-state index is 0.0928. The van der Waals surface area contributed by atoms with Gasteiger partial charge in [-0.2, -0.15) is 0 Å². The molecule has 3 rings (SSSR count). The molecule has 0 saturated heterocycles. The van der Waals surface area contributed by atoms with Gasteiger partial charge in [0.25, 0.3) is 6.71 Å². The standard InChI is InChI=1S/C24H18BCl9O3/c1-4-35-13-7-10(26)19(29)16(22(13)32)25(17-20(30)11(27)8-14(23(17)33)36-5-2)18-21(31)12(28)9-15(24(18)34)37-6-3/h7-9H,4-6H2,1-3H3. The fraction of sp³-hybridized carbons (Fsp3) is 0.250. The van der Waals surface area contributed by atoms with Gasteiger partial charge in [0.2, 0.25) is 0 Å². The third-order valence-corrected chi connectivity index (χ3v) is 8.81. The third kappa shape index (κ3) is 6.24. The van der Waals surface area contributed by atoms with Gasteiger partial charge in [-0.15, -0.1) is 0 Å². The van der Waals surface area contributed by atoms with E-state index in [0.717, 1.165) is 0 Å². The van der Waals surface area contributed by atoms with Crippen LogP contribution in [0.5, 0.6) is 17.2 Å². The van der Waals surface area contributed by atoms with E-state index < -0.39 is 6.71 Å². The molecule has 0 amide bonds. The Hall–Kier alpha value is -0.265. The minimum Gasteiger partial charge on any atom is -0.492 e. The van der Waals surface area contributed by atoms with E-state index in [1.54, 1.807) is 20.8 Å². The Bertz CT molecular complexity index is 1170. The highest BCUT2D eigenvalue weighted by atomic mass is 35.5. The Labute approximate surface area is 261 Å². The molecule has 0 unspecified atom stereocenters. The van der Waals surface area contributed by atoms with E-state index in [-0.39, 0.29) is 78.8 Å². The number of hydrogen-bond donors (Lipinski definition) is 0. The highest BCUT2D eigenvalue weighted by molar-refractivity contribution is 7.02. The summed E-state index contributed by atoms with van der Waals surface area (Å²) in [6.07, 6.45) is 0. The highest BCUT2D eigenvalue weighted by Gasteiger charge is 2.39. The number of ether oxygens (including phenoxy) is 3. The fourth-order valence-electron chi connectivity index (χ4n) is 3.77. The molecule has 0 aliphatic rings. The largest absolute Gasteiger partial charge is 0.492 e. The van der Waals surface area contributed by atoms with E-state index in [1.807, 2.05) is 0 Å². The van der Waals surface area contributed by atoms with Gasteiger partial charge >= 0.3 is 0 Å². The van der Waals surface area contributed by atoms with E-state index in [4.69, 9.17) is 119 Å². The lowest BCUT2D eigenvalue weighted by molar-refractivity contribution is 0.340. The zero-order chi connectivity index (χ0) is 27.6. The van der Waals surface area contributed by atoms with Gasteiger partial charge < -0.3 is 14.2 Å². The summed E-state index contributed by atoms with van der Waals surface area (Å²) in [5, 5.41) is 1.17. The van der Waals surface area contributed by atoms with Crippen molar-refractivity contribution in [1.82, 2.24) is 0 Å². The van der Waals surface area contributed by atoms with E-state index in [1.165, 1.54) is 18.2 Å². The molecule has 0 spiro atoms. The van der Waals surface area contributed by atoms with Crippen LogP contribution in [0.2, 0.25) is 45.2 Å². The first-order chi connectivity index (χ1) is 17.5. The summed E-state index contributed by atoms with van der Waals surface area (Å²) in [6, 6.07) is 4.53. The molecule has 13 heteroatoms. The second-order valence-electron chi connectivity index (χ2n) is 7.43. The molecular formula is C24H18BCl9O3. The van der Waals surface area contributed by atoms with Crippen LogP contribution in [0.1, 0.15) is 20.8 Å². The summed E-state index contributed by atoms with van der Waals surface area (Å²) in [4.78, 5) is 0. The van der Waals surface area contributed by atoms with Gasteiger partial charge in [0, 0.05) is 18.2 Å². The first-order valence-corrected chi connectivity index (χ1v) is 14.3. The van der Waals surface area contributed by atoms with Crippen molar-refractivity contribution in [2.45, 2.75) is 20.8 Å². The van der Waals surface area contributed by atoms with Crippen LogP contribution in [0.3, 0.4) is 0 Å². The molecule has 3 nitrogen and oxygen atoms in total. The predicted molar refractivity (Wildman–Crippen MR) is 163 cm³/mol. The summed E-state index contributed by atoms with van der Waals surface area (Å²) >= 11 is 60.6. The molecule has 0 atom stereocenters. The zero-order valence-electron chi connectivity index (χ0n) is 19.6. The molecule has 0 bridgehead atoms. The number of halogens is 9. The van der Waals surface area contributed by atoms with Crippen molar-refractivity contribution < 1.29 is 14.2 Å². The number of rotatable bonds is 9. The number of benzene rings is 3. The highest BCUT2D eigenvalue weighted by Crippen LogP contribution is 2.39. The van der Waals surface area contributed by atoms with E-state index >= 15 is 0 Å². The summed E-state index contributed by atoms with van der Waals surface area (Å²) < 4.78 is 17.2. The van der Waals surface area contributed by atoms with Crippen LogP contribution in [-0.2, 0) is 0 Å². The average Bonchev–Trinajstić information content (AvgIpc) is 2.84.